The van der Waals surface area contributed by atoms with E-state index in [0.717, 1.165) is 11.1 Å². The van der Waals surface area contributed by atoms with Crippen molar-refractivity contribution in [3.63, 3.8) is 0 Å². The second-order valence-corrected chi connectivity index (χ2v) is 6.35. The minimum atomic E-state index is -0.942. The van der Waals surface area contributed by atoms with Gasteiger partial charge in [0.05, 0.1) is 6.04 Å². The Bertz CT molecular complexity index is 718. The molecule has 1 N–H and O–H groups in total. The van der Waals surface area contributed by atoms with Gasteiger partial charge in [0.15, 0.2) is 0 Å². The summed E-state index contributed by atoms with van der Waals surface area (Å²) in [5.41, 5.74) is 2.01. The van der Waals surface area contributed by atoms with Gasteiger partial charge in [-0.1, -0.05) is 60.7 Å². The molecule has 5 nitrogen and oxygen atoms in total. The molecule has 25 heavy (non-hydrogen) atoms. The summed E-state index contributed by atoms with van der Waals surface area (Å²) < 4.78 is 0. The molecule has 0 radical (unpaired) electrons. The van der Waals surface area contributed by atoms with E-state index in [1.54, 1.807) is 4.90 Å². The Morgan fingerprint density at radius 2 is 1.64 bits per heavy atom. The van der Waals surface area contributed by atoms with Crippen molar-refractivity contribution < 1.29 is 14.7 Å². The zero-order chi connectivity index (χ0) is 17.6. The standard InChI is InChI=1S/C20H22N2O3/c23-19-12-11-18(15-21(19)13-16-7-3-1-4-8-16)22(20(24)25)14-17-9-5-2-6-10-17/h1-10,18H,11-15H2,(H,24,25). The molecule has 1 atom stereocenters. The van der Waals surface area contributed by atoms with Crippen LogP contribution < -0.4 is 0 Å². The lowest BCUT2D eigenvalue weighted by Gasteiger charge is -2.38. The summed E-state index contributed by atoms with van der Waals surface area (Å²) in [5, 5.41) is 9.65. The van der Waals surface area contributed by atoms with E-state index < -0.39 is 6.09 Å². The molecule has 2 amide bonds. The first-order chi connectivity index (χ1) is 12.1. The van der Waals surface area contributed by atoms with Crippen LogP contribution in [0.1, 0.15) is 24.0 Å². The van der Waals surface area contributed by atoms with Crippen molar-refractivity contribution in [2.75, 3.05) is 6.54 Å². The number of likely N-dealkylation sites (tertiary alicyclic amines) is 1. The molecule has 0 aliphatic carbocycles. The van der Waals surface area contributed by atoms with Crippen LogP contribution in [0.25, 0.3) is 0 Å². The summed E-state index contributed by atoms with van der Waals surface area (Å²) in [6.07, 6.45) is 0.0159. The van der Waals surface area contributed by atoms with E-state index in [0.29, 0.717) is 32.5 Å². The predicted molar refractivity (Wildman–Crippen MR) is 94.9 cm³/mol. The van der Waals surface area contributed by atoms with Crippen LogP contribution in [-0.2, 0) is 17.9 Å². The van der Waals surface area contributed by atoms with Gasteiger partial charge in [-0.25, -0.2) is 4.79 Å². The summed E-state index contributed by atoms with van der Waals surface area (Å²) in [7, 11) is 0. The molecular formula is C20H22N2O3. The zero-order valence-electron chi connectivity index (χ0n) is 14.0. The highest BCUT2D eigenvalue weighted by molar-refractivity contribution is 5.77. The second kappa shape index (κ2) is 7.83. The molecule has 0 spiro atoms. The average molecular weight is 338 g/mol. The van der Waals surface area contributed by atoms with Gasteiger partial charge >= 0.3 is 6.09 Å². The van der Waals surface area contributed by atoms with E-state index in [1.165, 1.54) is 4.90 Å². The maximum absolute atomic E-state index is 12.3. The topological polar surface area (TPSA) is 60.9 Å². The highest BCUT2D eigenvalue weighted by atomic mass is 16.4. The SMILES string of the molecule is O=C1CCC(N(Cc2ccccc2)C(=O)O)CN1Cc1ccccc1. The summed E-state index contributed by atoms with van der Waals surface area (Å²) in [6.45, 7) is 1.30. The Balaban J connectivity index is 1.71. The quantitative estimate of drug-likeness (QED) is 0.909. The zero-order valence-corrected chi connectivity index (χ0v) is 14.0. The van der Waals surface area contributed by atoms with E-state index in [-0.39, 0.29) is 11.9 Å². The number of amides is 2. The lowest BCUT2D eigenvalue weighted by molar-refractivity contribution is -0.135. The van der Waals surface area contributed by atoms with E-state index >= 15 is 0 Å². The molecule has 3 rings (SSSR count). The molecule has 1 aliphatic rings. The number of hydrogen-bond acceptors (Lipinski definition) is 2. The Kier molecular flexibility index (Phi) is 5.33. The van der Waals surface area contributed by atoms with Crippen LogP contribution in [0.3, 0.4) is 0 Å². The van der Waals surface area contributed by atoms with Crippen LogP contribution in [0.4, 0.5) is 4.79 Å². The van der Waals surface area contributed by atoms with E-state index in [4.69, 9.17) is 0 Å². The van der Waals surface area contributed by atoms with Crippen molar-refractivity contribution in [2.24, 2.45) is 0 Å². The van der Waals surface area contributed by atoms with Crippen LogP contribution in [0.15, 0.2) is 60.7 Å². The molecule has 130 valence electrons. The molecule has 1 saturated heterocycles. The number of piperidine rings is 1. The number of nitrogens with zero attached hydrogens (tertiary/aromatic N) is 2. The Hall–Kier alpha value is -2.82. The number of carbonyl (C=O) groups is 2. The van der Waals surface area contributed by atoms with E-state index in [2.05, 4.69) is 0 Å². The minimum Gasteiger partial charge on any atom is -0.465 e. The third-order valence-electron chi connectivity index (χ3n) is 4.57. The lowest BCUT2D eigenvalue weighted by atomic mass is 10.0. The molecule has 2 aromatic rings. The molecule has 0 bridgehead atoms. The smallest absolute Gasteiger partial charge is 0.407 e. The number of hydrogen-bond donors (Lipinski definition) is 1. The highest BCUT2D eigenvalue weighted by Crippen LogP contribution is 2.21. The second-order valence-electron chi connectivity index (χ2n) is 6.35. The average Bonchev–Trinajstić information content (AvgIpc) is 2.63. The van der Waals surface area contributed by atoms with Crippen LogP contribution in [0, 0.1) is 0 Å². The van der Waals surface area contributed by atoms with Gasteiger partial charge in [-0.05, 0) is 17.5 Å². The number of benzene rings is 2. The predicted octanol–water partition coefficient (Wildman–Crippen LogP) is 3.36. The molecule has 0 aromatic heterocycles. The molecule has 2 aromatic carbocycles. The van der Waals surface area contributed by atoms with Crippen molar-refractivity contribution in [1.82, 2.24) is 9.80 Å². The normalized spacial score (nSPS) is 17.4. The summed E-state index contributed by atoms with van der Waals surface area (Å²) in [5.74, 6) is 0.0881. The number of carboxylic acid groups (broad SMARTS) is 1. The molecule has 1 fully saturated rings. The van der Waals surface area contributed by atoms with E-state index in [9.17, 15) is 14.7 Å². The van der Waals surface area contributed by atoms with Gasteiger partial charge in [-0.2, -0.15) is 0 Å². The fraction of sp³-hybridized carbons (Fsp3) is 0.300. The van der Waals surface area contributed by atoms with Gasteiger partial charge in [-0.3, -0.25) is 9.69 Å². The highest BCUT2D eigenvalue weighted by Gasteiger charge is 2.32. The first-order valence-electron chi connectivity index (χ1n) is 8.48. The van der Waals surface area contributed by atoms with Gasteiger partial charge in [0, 0.05) is 26.1 Å². The third-order valence-corrected chi connectivity index (χ3v) is 4.57. The monoisotopic (exact) mass is 338 g/mol. The Morgan fingerprint density at radius 3 is 2.24 bits per heavy atom. The Labute approximate surface area is 147 Å². The number of rotatable bonds is 5. The number of carbonyl (C=O) groups excluding carboxylic acids is 1. The molecule has 0 saturated carbocycles. The van der Waals surface area contributed by atoms with Crippen molar-refractivity contribution in [3.8, 4) is 0 Å². The van der Waals surface area contributed by atoms with Crippen molar-refractivity contribution >= 4 is 12.0 Å². The first kappa shape index (κ1) is 17.0. The largest absolute Gasteiger partial charge is 0.465 e. The van der Waals surface area contributed by atoms with Crippen LogP contribution in [0.2, 0.25) is 0 Å². The van der Waals surface area contributed by atoms with Gasteiger partial charge < -0.3 is 10.0 Å². The van der Waals surface area contributed by atoms with Gasteiger partial charge in [0.2, 0.25) is 5.91 Å². The van der Waals surface area contributed by atoms with Gasteiger partial charge in [-0.15, -0.1) is 0 Å². The van der Waals surface area contributed by atoms with Crippen LogP contribution in [-0.4, -0.2) is 39.5 Å². The molecule has 1 unspecified atom stereocenters. The summed E-state index contributed by atoms with van der Waals surface area (Å²) >= 11 is 0. The lowest BCUT2D eigenvalue weighted by Crippen LogP contribution is -2.51. The van der Waals surface area contributed by atoms with Gasteiger partial charge in [0.1, 0.15) is 0 Å². The molecule has 1 aliphatic heterocycles. The van der Waals surface area contributed by atoms with Crippen molar-refractivity contribution in [2.45, 2.75) is 32.0 Å². The fourth-order valence-electron chi connectivity index (χ4n) is 3.24. The Morgan fingerprint density at radius 1 is 1.04 bits per heavy atom. The maximum Gasteiger partial charge on any atom is 0.407 e. The van der Waals surface area contributed by atoms with Crippen molar-refractivity contribution in [3.05, 3.63) is 71.8 Å². The summed E-state index contributed by atoms with van der Waals surface area (Å²) in [4.78, 5) is 27.3. The summed E-state index contributed by atoms with van der Waals surface area (Å²) in [6, 6.07) is 19.2. The van der Waals surface area contributed by atoms with Crippen molar-refractivity contribution in [1.29, 1.82) is 0 Å². The molecule has 1 heterocycles. The minimum absolute atomic E-state index is 0.0881. The van der Waals surface area contributed by atoms with Crippen LogP contribution in [0.5, 0.6) is 0 Å². The molecular weight excluding hydrogens is 316 g/mol. The first-order valence-corrected chi connectivity index (χ1v) is 8.48. The fourth-order valence-corrected chi connectivity index (χ4v) is 3.24. The van der Waals surface area contributed by atoms with Gasteiger partial charge in [0.25, 0.3) is 0 Å². The third kappa shape index (κ3) is 4.38. The van der Waals surface area contributed by atoms with E-state index in [1.807, 2.05) is 60.7 Å². The van der Waals surface area contributed by atoms with Crippen LogP contribution >= 0.6 is 0 Å². The molecule has 5 heteroatoms. The maximum atomic E-state index is 12.3.